The lowest BCUT2D eigenvalue weighted by atomic mass is 10.0. The summed E-state index contributed by atoms with van der Waals surface area (Å²) in [6.07, 6.45) is 3.22. The number of aryl methyl sites for hydroxylation is 1. The number of fused-ring (bicyclic) bond motifs is 1. The maximum Gasteiger partial charge on any atom is 0.387 e. The zero-order chi connectivity index (χ0) is 19.9. The van der Waals surface area contributed by atoms with E-state index in [4.69, 9.17) is 9.57 Å². The van der Waals surface area contributed by atoms with Crippen LogP contribution in [0.3, 0.4) is 0 Å². The molecule has 0 aromatic heterocycles. The number of amides is 1. The molecule has 0 radical (unpaired) electrons. The summed E-state index contributed by atoms with van der Waals surface area (Å²) >= 11 is 0. The minimum absolute atomic E-state index is 0.0745. The van der Waals surface area contributed by atoms with Crippen molar-refractivity contribution in [3.63, 3.8) is 0 Å². The number of anilines is 1. The molecule has 0 bridgehead atoms. The quantitative estimate of drug-likeness (QED) is 0.535. The number of carbonyl (C=O) groups is 1. The van der Waals surface area contributed by atoms with Gasteiger partial charge in [-0.2, -0.15) is 8.78 Å². The third-order valence-electron chi connectivity index (χ3n) is 4.28. The Hall–Kier alpha value is -3.16. The number of nitrogens with zero attached hydrogens (tertiary/aromatic N) is 2. The summed E-state index contributed by atoms with van der Waals surface area (Å²) in [5.41, 5.74) is 2.60. The van der Waals surface area contributed by atoms with Crippen molar-refractivity contribution in [1.29, 1.82) is 0 Å². The lowest BCUT2D eigenvalue weighted by Crippen LogP contribution is -2.37. The van der Waals surface area contributed by atoms with E-state index in [0.717, 1.165) is 24.1 Å². The van der Waals surface area contributed by atoms with Gasteiger partial charge in [-0.25, -0.2) is 0 Å². The van der Waals surface area contributed by atoms with Crippen LogP contribution in [0, 0.1) is 0 Å². The van der Waals surface area contributed by atoms with E-state index >= 15 is 0 Å². The molecule has 0 spiro atoms. The van der Waals surface area contributed by atoms with Crippen LogP contribution in [0.5, 0.6) is 11.5 Å². The van der Waals surface area contributed by atoms with Gasteiger partial charge in [-0.3, -0.25) is 4.79 Å². The Morgan fingerprint density at radius 1 is 1.25 bits per heavy atom. The van der Waals surface area contributed by atoms with Gasteiger partial charge in [0.05, 0.1) is 13.3 Å². The van der Waals surface area contributed by atoms with Gasteiger partial charge >= 0.3 is 6.61 Å². The highest BCUT2D eigenvalue weighted by Crippen LogP contribution is 2.29. The molecule has 0 atom stereocenters. The summed E-state index contributed by atoms with van der Waals surface area (Å²) in [7, 11) is 1.35. The van der Waals surface area contributed by atoms with Crippen LogP contribution in [0.4, 0.5) is 14.5 Å². The van der Waals surface area contributed by atoms with Gasteiger partial charge < -0.3 is 19.2 Å². The van der Waals surface area contributed by atoms with Crippen LogP contribution in [0.1, 0.15) is 17.5 Å². The molecule has 1 amide bonds. The smallest absolute Gasteiger partial charge is 0.387 e. The second kappa shape index (κ2) is 9.16. The molecule has 0 saturated carbocycles. The molecule has 0 fully saturated rings. The number of rotatable bonds is 7. The number of ether oxygens (including phenoxy) is 2. The number of hydrogen-bond acceptors (Lipinski definition) is 5. The second-order valence-corrected chi connectivity index (χ2v) is 6.07. The third kappa shape index (κ3) is 4.76. The Kier molecular flexibility index (Phi) is 6.41. The first-order chi connectivity index (χ1) is 13.6. The van der Waals surface area contributed by atoms with Gasteiger partial charge in [0.2, 0.25) is 0 Å². The van der Waals surface area contributed by atoms with E-state index in [9.17, 15) is 13.6 Å². The zero-order valence-corrected chi connectivity index (χ0v) is 15.3. The van der Waals surface area contributed by atoms with Crippen molar-refractivity contribution in [1.82, 2.24) is 0 Å². The standard InChI is InChI=1S/C20H20F2N2O4/c1-26-18-11-14(8-9-17(18)28-20(21)22)12-23-27-13-19(25)24-10-4-6-15-5-2-3-7-16(15)24/h2-3,5,7-9,11-12,20H,4,6,10,13H2,1H3/b23-12-. The molecule has 28 heavy (non-hydrogen) atoms. The van der Waals surface area contributed by atoms with Crippen molar-refractivity contribution in [3.05, 3.63) is 53.6 Å². The van der Waals surface area contributed by atoms with Crippen LogP contribution in [0.25, 0.3) is 0 Å². The van der Waals surface area contributed by atoms with Gasteiger partial charge in [-0.1, -0.05) is 23.4 Å². The van der Waals surface area contributed by atoms with Crippen molar-refractivity contribution < 1.29 is 27.9 Å². The van der Waals surface area contributed by atoms with Crippen LogP contribution in [0.2, 0.25) is 0 Å². The van der Waals surface area contributed by atoms with Crippen molar-refractivity contribution in [2.24, 2.45) is 5.16 Å². The molecule has 0 N–H and O–H groups in total. The molecule has 8 heteroatoms. The normalized spacial score (nSPS) is 13.5. The SMILES string of the molecule is COc1cc(/C=N\OCC(=O)N2CCCc3ccccc32)ccc1OC(F)F. The highest BCUT2D eigenvalue weighted by molar-refractivity contribution is 5.95. The molecule has 1 aliphatic rings. The lowest BCUT2D eigenvalue weighted by molar-refractivity contribution is -0.123. The lowest BCUT2D eigenvalue weighted by Gasteiger charge is -2.28. The Morgan fingerprint density at radius 3 is 2.86 bits per heavy atom. The Bertz CT molecular complexity index is 858. The number of oxime groups is 1. The fourth-order valence-corrected chi connectivity index (χ4v) is 3.02. The third-order valence-corrected chi connectivity index (χ3v) is 4.28. The van der Waals surface area contributed by atoms with Gasteiger partial charge in [-0.15, -0.1) is 0 Å². The van der Waals surface area contributed by atoms with E-state index in [1.807, 2.05) is 24.3 Å². The molecule has 6 nitrogen and oxygen atoms in total. The minimum atomic E-state index is -2.94. The first-order valence-corrected chi connectivity index (χ1v) is 8.75. The molecule has 2 aromatic carbocycles. The molecule has 2 aromatic rings. The molecule has 3 rings (SSSR count). The number of hydrogen-bond donors (Lipinski definition) is 0. The molecule has 0 saturated heterocycles. The van der Waals surface area contributed by atoms with E-state index in [2.05, 4.69) is 9.89 Å². The maximum atomic E-state index is 12.4. The zero-order valence-electron chi connectivity index (χ0n) is 15.3. The minimum Gasteiger partial charge on any atom is -0.493 e. The molecule has 0 aliphatic carbocycles. The van der Waals surface area contributed by atoms with Crippen LogP contribution in [-0.4, -0.2) is 39.0 Å². The van der Waals surface area contributed by atoms with E-state index in [1.165, 1.54) is 31.5 Å². The number of para-hydroxylation sites is 1. The highest BCUT2D eigenvalue weighted by atomic mass is 19.3. The van der Waals surface area contributed by atoms with Gasteiger partial charge in [-0.05, 0) is 42.7 Å². The van der Waals surface area contributed by atoms with E-state index in [1.54, 1.807) is 4.90 Å². The van der Waals surface area contributed by atoms with Crippen molar-refractivity contribution >= 4 is 17.8 Å². The Labute approximate surface area is 161 Å². The Morgan fingerprint density at radius 2 is 2.07 bits per heavy atom. The molecular formula is C20H20F2N2O4. The van der Waals surface area contributed by atoms with Crippen molar-refractivity contribution in [3.8, 4) is 11.5 Å². The Balaban J connectivity index is 1.58. The number of halogens is 2. The van der Waals surface area contributed by atoms with E-state index in [0.29, 0.717) is 12.1 Å². The predicted octanol–water partition coefficient (Wildman–Crippen LogP) is 3.63. The summed E-state index contributed by atoms with van der Waals surface area (Å²) < 4.78 is 34.1. The maximum absolute atomic E-state index is 12.4. The first kappa shape index (κ1) is 19.6. The average molecular weight is 390 g/mol. The number of carbonyl (C=O) groups excluding carboxylic acids is 1. The summed E-state index contributed by atoms with van der Waals surface area (Å²) in [5, 5.41) is 3.78. The van der Waals surface area contributed by atoms with Crippen LogP contribution >= 0.6 is 0 Å². The van der Waals surface area contributed by atoms with Gasteiger partial charge in [0.15, 0.2) is 18.1 Å². The monoisotopic (exact) mass is 390 g/mol. The fourth-order valence-electron chi connectivity index (χ4n) is 3.02. The number of benzene rings is 2. The number of methoxy groups -OCH3 is 1. The predicted molar refractivity (Wildman–Crippen MR) is 100 cm³/mol. The summed E-state index contributed by atoms with van der Waals surface area (Å²) in [6, 6.07) is 12.1. The fraction of sp³-hybridized carbons (Fsp3) is 0.300. The van der Waals surface area contributed by atoms with E-state index in [-0.39, 0.29) is 24.0 Å². The molecule has 148 valence electrons. The number of alkyl halides is 2. The van der Waals surface area contributed by atoms with Crippen LogP contribution in [-0.2, 0) is 16.1 Å². The van der Waals surface area contributed by atoms with Crippen LogP contribution < -0.4 is 14.4 Å². The van der Waals surface area contributed by atoms with Crippen LogP contribution in [0.15, 0.2) is 47.6 Å². The van der Waals surface area contributed by atoms with Gasteiger partial charge in [0.25, 0.3) is 5.91 Å². The highest BCUT2D eigenvalue weighted by Gasteiger charge is 2.22. The van der Waals surface area contributed by atoms with Gasteiger partial charge in [0.1, 0.15) is 0 Å². The molecule has 1 heterocycles. The van der Waals surface area contributed by atoms with E-state index < -0.39 is 6.61 Å². The topological polar surface area (TPSA) is 60.4 Å². The average Bonchev–Trinajstić information content (AvgIpc) is 2.71. The molecule has 1 aliphatic heterocycles. The molecule has 0 unspecified atom stereocenters. The summed E-state index contributed by atoms with van der Waals surface area (Å²) in [4.78, 5) is 19.3. The largest absolute Gasteiger partial charge is 0.493 e. The second-order valence-electron chi connectivity index (χ2n) is 6.07. The summed E-state index contributed by atoms with van der Waals surface area (Å²) in [5.74, 6) is -0.109. The summed E-state index contributed by atoms with van der Waals surface area (Å²) in [6.45, 7) is -2.50. The van der Waals surface area contributed by atoms with Gasteiger partial charge in [0, 0.05) is 17.8 Å². The molecular weight excluding hydrogens is 370 g/mol. The van der Waals surface area contributed by atoms with Crippen molar-refractivity contribution in [2.75, 3.05) is 25.2 Å². The first-order valence-electron chi connectivity index (χ1n) is 8.75. The van der Waals surface area contributed by atoms with Crippen molar-refractivity contribution in [2.45, 2.75) is 19.5 Å².